The summed E-state index contributed by atoms with van der Waals surface area (Å²) in [7, 11) is 0. The van der Waals surface area contributed by atoms with Gasteiger partial charge in [0.2, 0.25) is 11.8 Å². The number of rotatable bonds is 6. The van der Waals surface area contributed by atoms with Crippen LogP contribution in [0.5, 0.6) is 0 Å². The van der Waals surface area contributed by atoms with Crippen LogP contribution in [0.4, 0.5) is 24.5 Å². The van der Waals surface area contributed by atoms with Crippen LogP contribution >= 0.6 is 0 Å². The summed E-state index contributed by atoms with van der Waals surface area (Å²) in [5.74, 6) is -0.686. The maximum Gasteiger partial charge on any atom is 0.416 e. The van der Waals surface area contributed by atoms with Crippen molar-refractivity contribution in [2.75, 3.05) is 23.7 Å². The molecule has 7 nitrogen and oxygen atoms in total. The van der Waals surface area contributed by atoms with Crippen LogP contribution in [0, 0.1) is 0 Å². The third-order valence-corrected chi connectivity index (χ3v) is 4.98. The number of likely N-dealkylation sites (tertiary alicyclic amines) is 1. The number of amides is 2. The second-order valence-electron chi connectivity index (χ2n) is 7.42. The van der Waals surface area contributed by atoms with E-state index in [1.165, 1.54) is 35.6 Å². The minimum Gasteiger partial charge on any atom is -0.324 e. The number of halogens is 3. The van der Waals surface area contributed by atoms with E-state index in [0.717, 1.165) is 31.5 Å². The van der Waals surface area contributed by atoms with Crippen molar-refractivity contribution >= 4 is 23.2 Å². The fraction of sp³-hybridized carbons (Fsp3) is 0.450. The van der Waals surface area contributed by atoms with Crippen molar-refractivity contribution in [3.05, 3.63) is 42.2 Å². The van der Waals surface area contributed by atoms with Crippen LogP contribution in [0.15, 0.2) is 36.7 Å². The zero-order valence-electron chi connectivity index (χ0n) is 16.6. The predicted octanol–water partition coefficient (Wildman–Crippen LogP) is 3.35. The molecule has 162 valence electrons. The summed E-state index contributed by atoms with van der Waals surface area (Å²) in [5, 5.41) is 9.19. The van der Waals surface area contributed by atoms with Gasteiger partial charge in [0.25, 0.3) is 0 Å². The zero-order chi connectivity index (χ0) is 21.7. The van der Waals surface area contributed by atoms with Gasteiger partial charge in [-0.15, -0.1) is 0 Å². The standard InChI is InChI=1S/C20H24F3N5O2/c1-14-5-2-3-8-27(14)12-18(29)26-17-10-24-28(11-17)13-19(30)25-16-7-4-6-15(9-16)20(21,22)23/h4,6-7,9-11,14H,2-3,5,8,12-13H2,1H3,(H,25,30)(H,26,29)/t14-/m0/s1. The van der Waals surface area contributed by atoms with E-state index in [4.69, 9.17) is 0 Å². The highest BCUT2D eigenvalue weighted by atomic mass is 19.4. The Morgan fingerprint density at radius 3 is 2.60 bits per heavy atom. The SMILES string of the molecule is C[C@H]1CCCCN1CC(=O)Nc1cnn(CC(=O)Nc2cccc(C(F)(F)F)c2)c1. The molecule has 0 saturated carbocycles. The Labute approximate surface area is 172 Å². The van der Waals surface area contributed by atoms with E-state index in [9.17, 15) is 22.8 Å². The molecule has 0 spiro atoms. The molecule has 3 rings (SSSR count). The van der Waals surface area contributed by atoms with Crippen molar-refractivity contribution in [1.29, 1.82) is 0 Å². The zero-order valence-corrected chi connectivity index (χ0v) is 16.6. The van der Waals surface area contributed by atoms with Crippen molar-refractivity contribution in [2.45, 2.75) is 44.9 Å². The van der Waals surface area contributed by atoms with E-state index in [1.54, 1.807) is 0 Å². The van der Waals surface area contributed by atoms with E-state index in [2.05, 4.69) is 27.6 Å². The fourth-order valence-corrected chi connectivity index (χ4v) is 3.41. The molecule has 1 aliphatic heterocycles. The van der Waals surface area contributed by atoms with Crippen molar-refractivity contribution in [3.63, 3.8) is 0 Å². The Balaban J connectivity index is 1.51. The lowest BCUT2D eigenvalue weighted by Crippen LogP contribution is -2.42. The summed E-state index contributed by atoms with van der Waals surface area (Å²) in [4.78, 5) is 26.5. The van der Waals surface area contributed by atoms with Gasteiger partial charge in [-0.3, -0.25) is 19.2 Å². The smallest absolute Gasteiger partial charge is 0.324 e. The molecule has 1 fully saturated rings. The molecule has 1 saturated heterocycles. The monoisotopic (exact) mass is 423 g/mol. The van der Waals surface area contributed by atoms with Crippen LogP contribution in [-0.4, -0.2) is 45.6 Å². The van der Waals surface area contributed by atoms with Crippen molar-refractivity contribution in [1.82, 2.24) is 14.7 Å². The fourth-order valence-electron chi connectivity index (χ4n) is 3.41. The molecule has 30 heavy (non-hydrogen) atoms. The van der Waals surface area contributed by atoms with Crippen LogP contribution in [0.1, 0.15) is 31.7 Å². The van der Waals surface area contributed by atoms with E-state index < -0.39 is 17.6 Å². The number of nitrogens with zero attached hydrogens (tertiary/aromatic N) is 3. The van der Waals surface area contributed by atoms with Gasteiger partial charge in [-0.25, -0.2) is 0 Å². The van der Waals surface area contributed by atoms with Crippen molar-refractivity contribution in [2.24, 2.45) is 0 Å². The Morgan fingerprint density at radius 2 is 1.87 bits per heavy atom. The molecule has 0 aliphatic carbocycles. The molecule has 0 radical (unpaired) electrons. The second kappa shape index (κ2) is 9.29. The minimum atomic E-state index is -4.48. The largest absolute Gasteiger partial charge is 0.416 e. The topological polar surface area (TPSA) is 79.3 Å². The molecule has 0 unspecified atom stereocenters. The number of anilines is 2. The van der Waals surface area contributed by atoms with Gasteiger partial charge in [0.1, 0.15) is 6.54 Å². The highest BCUT2D eigenvalue weighted by Gasteiger charge is 2.30. The molecule has 0 bridgehead atoms. The molecule has 2 N–H and O–H groups in total. The molecular formula is C20H24F3N5O2. The summed E-state index contributed by atoms with van der Waals surface area (Å²) >= 11 is 0. The molecule has 2 amide bonds. The van der Waals surface area contributed by atoms with Gasteiger partial charge in [0.15, 0.2) is 0 Å². The summed E-state index contributed by atoms with van der Waals surface area (Å²) in [6.07, 6.45) is 1.78. The first-order valence-corrected chi connectivity index (χ1v) is 9.74. The summed E-state index contributed by atoms with van der Waals surface area (Å²) in [6.45, 7) is 3.09. The lowest BCUT2D eigenvalue weighted by molar-refractivity contribution is -0.137. The molecule has 1 aromatic carbocycles. The van der Waals surface area contributed by atoms with E-state index in [0.29, 0.717) is 18.3 Å². The van der Waals surface area contributed by atoms with Gasteiger partial charge < -0.3 is 10.6 Å². The number of benzene rings is 1. The van der Waals surface area contributed by atoms with Gasteiger partial charge >= 0.3 is 6.18 Å². The number of hydrogen-bond acceptors (Lipinski definition) is 4. The second-order valence-corrected chi connectivity index (χ2v) is 7.42. The molecule has 2 heterocycles. The van der Waals surface area contributed by atoms with Crippen molar-refractivity contribution in [3.8, 4) is 0 Å². The van der Waals surface area contributed by atoms with Gasteiger partial charge in [-0.1, -0.05) is 12.5 Å². The quantitative estimate of drug-likeness (QED) is 0.747. The summed E-state index contributed by atoms with van der Waals surface area (Å²) in [6, 6.07) is 4.77. The Bertz CT molecular complexity index is 897. The first kappa shape index (κ1) is 21.8. The van der Waals surface area contributed by atoms with Crippen LogP contribution < -0.4 is 10.6 Å². The lowest BCUT2D eigenvalue weighted by Gasteiger charge is -2.32. The maximum absolute atomic E-state index is 12.8. The summed E-state index contributed by atoms with van der Waals surface area (Å²) < 4.78 is 39.6. The van der Waals surface area contributed by atoms with E-state index in [1.807, 2.05) is 0 Å². The number of alkyl halides is 3. The van der Waals surface area contributed by atoms with Crippen LogP contribution in [0.2, 0.25) is 0 Å². The minimum absolute atomic E-state index is 0.0474. The van der Waals surface area contributed by atoms with Gasteiger partial charge in [0.05, 0.1) is 24.0 Å². The molecule has 1 aromatic heterocycles. The molecular weight excluding hydrogens is 399 g/mol. The van der Waals surface area contributed by atoms with Crippen LogP contribution in [-0.2, 0) is 22.3 Å². The lowest BCUT2D eigenvalue weighted by atomic mass is 10.0. The van der Waals surface area contributed by atoms with Crippen LogP contribution in [0.25, 0.3) is 0 Å². The van der Waals surface area contributed by atoms with Crippen LogP contribution in [0.3, 0.4) is 0 Å². The Hall–Kier alpha value is -2.88. The van der Waals surface area contributed by atoms with Crippen molar-refractivity contribution < 1.29 is 22.8 Å². The Kier molecular flexibility index (Phi) is 6.76. The molecule has 1 atom stereocenters. The first-order chi connectivity index (χ1) is 14.2. The van der Waals surface area contributed by atoms with Gasteiger partial charge in [0, 0.05) is 17.9 Å². The number of carbonyl (C=O) groups excluding carboxylic acids is 2. The van der Waals surface area contributed by atoms with E-state index in [-0.39, 0.29) is 18.1 Å². The average Bonchev–Trinajstić information content (AvgIpc) is 3.09. The number of aromatic nitrogens is 2. The Morgan fingerprint density at radius 1 is 1.13 bits per heavy atom. The molecule has 1 aliphatic rings. The maximum atomic E-state index is 12.8. The highest BCUT2D eigenvalue weighted by molar-refractivity contribution is 5.92. The average molecular weight is 423 g/mol. The highest BCUT2D eigenvalue weighted by Crippen LogP contribution is 2.30. The van der Waals surface area contributed by atoms with E-state index >= 15 is 0 Å². The molecule has 2 aromatic rings. The summed E-state index contributed by atoms with van der Waals surface area (Å²) in [5.41, 5.74) is -0.338. The third kappa shape index (κ3) is 6.06. The predicted molar refractivity (Wildman–Crippen MR) is 106 cm³/mol. The first-order valence-electron chi connectivity index (χ1n) is 9.74. The van der Waals surface area contributed by atoms with Gasteiger partial charge in [-0.05, 0) is 44.5 Å². The molecule has 10 heteroatoms. The number of piperidine rings is 1. The number of carbonyl (C=O) groups is 2. The third-order valence-electron chi connectivity index (χ3n) is 4.98. The normalized spacial score (nSPS) is 17.5. The van der Waals surface area contributed by atoms with Gasteiger partial charge in [-0.2, -0.15) is 18.3 Å². The number of hydrogen-bond donors (Lipinski definition) is 2. The number of nitrogens with one attached hydrogen (secondary N) is 2.